The summed E-state index contributed by atoms with van der Waals surface area (Å²) >= 11 is 1.09. The Labute approximate surface area is 120 Å². The SMILES string of the molecule is CC(C)c1nnsc1C(=O)N1CC(C)(OCC(=O)O)C1. The van der Waals surface area contributed by atoms with Crippen LogP contribution in [0.3, 0.4) is 0 Å². The number of likely N-dealkylation sites (tertiary alicyclic amines) is 1. The number of aliphatic carboxylic acids is 1. The van der Waals surface area contributed by atoms with Crippen molar-refractivity contribution in [3.63, 3.8) is 0 Å². The molecule has 1 aromatic heterocycles. The van der Waals surface area contributed by atoms with E-state index in [4.69, 9.17) is 9.84 Å². The zero-order chi connectivity index (χ0) is 14.9. The van der Waals surface area contributed by atoms with Crippen LogP contribution in [0.15, 0.2) is 0 Å². The summed E-state index contributed by atoms with van der Waals surface area (Å²) in [4.78, 5) is 25.0. The number of nitrogens with zero attached hydrogens (tertiary/aromatic N) is 3. The molecule has 1 saturated heterocycles. The summed E-state index contributed by atoms with van der Waals surface area (Å²) in [5.41, 5.74) is 0.129. The Morgan fingerprint density at radius 3 is 2.70 bits per heavy atom. The molecule has 0 radical (unpaired) electrons. The van der Waals surface area contributed by atoms with Crippen molar-refractivity contribution >= 4 is 23.4 Å². The van der Waals surface area contributed by atoms with Crippen LogP contribution in [0.25, 0.3) is 0 Å². The largest absolute Gasteiger partial charge is 0.480 e. The Bertz CT molecular complexity index is 523. The second-order valence-electron chi connectivity index (χ2n) is 5.44. The van der Waals surface area contributed by atoms with E-state index in [0.29, 0.717) is 23.7 Å². The van der Waals surface area contributed by atoms with Crippen LogP contribution in [0.2, 0.25) is 0 Å². The number of ether oxygens (including phenoxy) is 1. The Morgan fingerprint density at radius 1 is 1.50 bits per heavy atom. The highest BCUT2D eigenvalue weighted by Gasteiger charge is 2.44. The van der Waals surface area contributed by atoms with Crippen molar-refractivity contribution in [1.82, 2.24) is 14.5 Å². The molecule has 1 aliphatic heterocycles. The summed E-state index contributed by atoms with van der Waals surface area (Å²) < 4.78 is 9.12. The number of carbonyl (C=O) groups is 2. The van der Waals surface area contributed by atoms with Gasteiger partial charge in [0.05, 0.1) is 18.8 Å². The van der Waals surface area contributed by atoms with Crippen LogP contribution in [0.5, 0.6) is 0 Å². The molecule has 0 aromatic carbocycles. The zero-order valence-corrected chi connectivity index (χ0v) is 12.4. The van der Waals surface area contributed by atoms with Crippen molar-refractivity contribution in [2.45, 2.75) is 32.3 Å². The van der Waals surface area contributed by atoms with Gasteiger partial charge in [-0.2, -0.15) is 0 Å². The van der Waals surface area contributed by atoms with Gasteiger partial charge in [-0.3, -0.25) is 4.79 Å². The Hall–Kier alpha value is -1.54. The molecule has 1 aliphatic rings. The quantitative estimate of drug-likeness (QED) is 0.871. The van der Waals surface area contributed by atoms with E-state index in [0.717, 1.165) is 11.5 Å². The molecule has 0 spiro atoms. The molecule has 0 aliphatic carbocycles. The molecule has 0 bridgehead atoms. The normalized spacial score (nSPS) is 17.1. The smallest absolute Gasteiger partial charge is 0.329 e. The minimum Gasteiger partial charge on any atom is -0.480 e. The van der Waals surface area contributed by atoms with Crippen LogP contribution in [-0.2, 0) is 9.53 Å². The lowest BCUT2D eigenvalue weighted by atomic mass is 9.95. The number of amides is 1. The number of aromatic nitrogens is 2. The maximum Gasteiger partial charge on any atom is 0.329 e. The third-order valence-electron chi connectivity index (χ3n) is 3.14. The molecule has 20 heavy (non-hydrogen) atoms. The van der Waals surface area contributed by atoms with Crippen LogP contribution < -0.4 is 0 Å². The molecule has 1 aromatic rings. The van der Waals surface area contributed by atoms with Crippen LogP contribution in [0, 0.1) is 0 Å². The number of hydrogen-bond donors (Lipinski definition) is 1. The molecule has 0 unspecified atom stereocenters. The van der Waals surface area contributed by atoms with Gasteiger partial charge in [-0.15, -0.1) is 5.10 Å². The average molecular weight is 299 g/mol. The van der Waals surface area contributed by atoms with Crippen molar-refractivity contribution in [2.24, 2.45) is 0 Å². The van der Waals surface area contributed by atoms with Gasteiger partial charge < -0.3 is 14.7 Å². The fraction of sp³-hybridized carbons (Fsp3) is 0.667. The molecule has 8 heteroatoms. The van der Waals surface area contributed by atoms with Gasteiger partial charge in [0.2, 0.25) is 0 Å². The third-order valence-corrected chi connectivity index (χ3v) is 3.87. The zero-order valence-electron chi connectivity index (χ0n) is 11.6. The van der Waals surface area contributed by atoms with E-state index in [1.807, 2.05) is 13.8 Å². The van der Waals surface area contributed by atoms with Crippen molar-refractivity contribution in [3.05, 3.63) is 10.6 Å². The average Bonchev–Trinajstić information content (AvgIpc) is 2.81. The minimum absolute atomic E-state index is 0.111. The van der Waals surface area contributed by atoms with Crippen LogP contribution in [0.1, 0.15) is 42.1 Å². The van der Waals surface area contributed by atoms with Crippen LogP contribution in [0.4, 0.5) is 0 Å². The summed E-state index contributed by atoms with van der Waals surface area (Å²) in [7, 11) is 0. The van der Waals surface area contributed by atoms with E-state index < -0.39 is 11.6 Å². The molecule has 0 atom stereocenters. The topological polar surface area (TPSA) is 92.6 Å². The summed E-state index contributed by atoms with van der Waals surface area (Å²) in [6.07, 6.45) is 0. The second-order valence-corrected chi connectivity index (χ2v) is 6.19. The predicted octanol–water partition coefficient (Wildman–Crippen LogP) is 0.977. The van der Waals surface area contributed by atoms with Gasteiger partial charge in [0.25, 0.3) is 5.91 Å². The van der Waals surface area contributed by atoms with E-state index in [-0.39, 0.29) is 18.4 Å². The lowest BCUT2D eigenvalue weighted by molar-refractivity contribution is -0.159. The highest BCUT2D eigenvalue weighted by Crippen LogP contribution is 2.29. The van der Waals surface area contributed by atoms with E-state index >= 15 is 0 Å². The number of rotatable bonds is 5. The van der Waals surface area contributed by atoms with Gasteiger partial charge in [0, 0.05) is 0 Å². The standard InChI is InChI=1S/C12H17N3O4S/c1-7(2)9-10(20-14-13-9)11(18)15-5-12(3,6-15)19-4-8(16)17/h7H,4-6H2,1-3H3,(H,16,17). The van der Waals surface area contributed by atoms with E-state index in [1.165, 1.54) is 0 Å². The lowest BCUT2D eigenvalue weighted by Gasteiger charge is -2.47. The van der Waals surface area contributed by atoms with Gasteiger partial charge in [-0.25, -0.2) is 4.79 Å². The van der Waals surface area contributed by atoms with E-state index in [1.54, 1.807) is 11.8 Å². The minimum atomic E-state index is -1.01. The van der Waals surface area contributed by atoms with Crippen molar-refractivity contribution in [2.75, 3.05) is 19.7 Å². The van der Waals surface area contributed by atoms with Crippen LogP contribution >= 0.6 is 11.5 Å². The maximum atomic E-state index is 12.3. The molecule has 1 N–H and O–H groups in total. The summed E-state index contributed by atoms with van der Waals surface area (Å²) in [5.74, 6) is -0.978. The van der Waals surface area contributed by atoms with Crippen molar-refractivity contribution < 1.29 is 19.4 Å². The first-order valence-electron chi connectivity index (χ1n) is 6.30. The van der Waals surface area contributed by atoms with E-state index in [2.05, 4.69) is 9.59 Å². The third kappa shape index (κ3) is 2.96. The number of carboxylic acids is 1. The second kappa shape index (κ2) is 5.45. The predicted molar refractivity (Wildman–Crippen MR) is 71.9 cm³/mol. The molecule has 1 fully saturated rings. The molecule has 0 saturated carbocycles. The Morgan fingerprint density at radius 2 is 2.15 bits per heavy atom. The Kier molecular flexibility index (Phi) is 4.05. The highest BCUT2D eigenvalue weighted by atomic mass is 32.1. The Balaban J connectivity index is 1.97. The van der Waals surface area contributed by atoms with Crippen molar-refractivity contribution in [1.29, 1.82) is 0 Å². The maximum absolute atomic E-state index is 12.3. The van der Waals surface area contributed by atoms with Gasteiger partial charge in [-0.1, -0.05) is 18.3 Å². The van der Waals surface area contributed by atoms with Gasteiger partial charge in [0.15, 0.2) is 0 Å². The van der Waals surface area contributed by atoms with Gasteiger partial charge in [-0.05, 0) is 24.4 Å². The van der Waals surface area contributed by atoms with E-state index in [9.17, 15) is 9.59 Å². The lowest BCUT2D eigenvalue weighted by Crippen LogP contribution is -2.63. The molecule has 2 heterocycles. The first kappa shape index (κ1) is 14.9. The summed E-state index contributed by atoms with van der Waals surface area (Å²) in [6, 6.07) is 0. The fourth-order valence-corrected chi connectivity index (χ4v) is 2.89. The summed E-state index contributed by atoms with van der Waals surface area (Å²) in [5, 5.41) is 12.6. The molecule has 110 valence electrons. The summed E-state index contributed by atoms with van der Waals surface area (Å²) in [6.45, 7) is 6.14. The molecular formula is C12H17N3O4S. The first-order chi connectivity index (χ1) is 9.32. The number of carboxylic acid groups (broad SMARTS) is 1. The monoisotopic (exact) mass is 299 g/mol. The van der Waals surface area contributed by atoms with Gasteiger partial charge >= 0.3 is 5.97 Å². The fourth-order valence-electron chi connectivity index (χ4n) is 2.10. The number of hydrogen-bond acceptors (Lipinski definition) is 6. The van der Waals surface area contributed by atoms with Crippen molar-refractivity contribution in [3.8, 4) is 0 Å². The molecule has 2 rings (SSSR count). The molecule has 7 nitrogen and oxygen atoms in total. The van der Waals surface area contributed by atoms with Gasteiger partial charge in [0.1, 0.15) is 17.1 Å². The first-order valence-corrected chi connectivity index (χ1v) is 7.07. The molecule has 1 amide bonds. The van der Waals surface area contributed by atoms with Crippen LogP contribution in [-0.4, -0.2) is 56.8 Å². The highest BCUT2D eigenvalue weighted by molar-refractivity contribution is 7.08. The molecular weight excluding hydrogens is 282 g/mol. The number of carbonyl (C=O) groups excluding carboxylic acids is 1.